The third-order valence-electron chi connectivity index (χ3n) is 6.41. The lowest BCUT2D eigenvalue weighted by Crippen LogP contribution is -2.29. The van der Waals surface area contributed by atoms with Crippen LogP contribution in [0.2, 0.25) is 13.1 Å². The normalized spacial score (nSPS) is 15.3. The SMILES string of the molecule is Cc1cccc(C2=C(c3ccccc3)C(c3ccccc3)=C(c3cccc(C)n3)[Si]2(C)C)n1. The quantitative estimate of drug-likeness (QED) is 0.306. The second-order valence-corrected chi connectivity index (χ2v) is 13.4. The predicted molar refractivity (Wildman–Crippen MR) is 142 cm³/mol. The van der Waals surface area contributed by atoms with Crippen molar-refractivity contribution in [2.24, 2.45) is 0 Å². The molecule has 0 N–H and O–H groups in total. The zero-order chi connectivity index (χ0) is 23.0. The van der Waals surface area contributed by atoms with Crippen molar-refractivity contribution in [3.8, 4) is 0 Å². The molecule has 0 saturated carbocycles. The number of hydrogen-bond donors (Lipinski definition) is 0. The van der Waals surface area contributed by atoms with Gasteiger partial charge in [0.25, 0.3) is 0 Å². The fourth-order valence-electron chi connectivity index (χ4n) is 5.05. The number of aromatic nitrogens is 2. The molecule has 4 aromatic rings. The third kappa shape index (κ3) is 3.79. The van der Waals surface area contributed by atoms with Gasteiger partial charge < -0.3 is 0 Å². The van der Waals surface area contributed by atoms with E-state index < -0.39 is 8.07 Å². The first-order valence-corrected chi connectivity index (χ1v) is 14.5. The molecule has 0 spiro atoms. The average molecular weight is 445 g/mol. The van der Waals surface area contributed by atoms with Crippen molar-refractivity contribution in [2.45, 2.75) is 26.9 Å². The van der Waals surface area contributed by atoms with Crippen LogP contribution in [-0.4, -0.2) is 18.0 Å². The highest BCUT2D eigenvalue weighted by Crippen LogP contribution is 2.54. The van der Waals surface area contributed by atoms with Crippen LogP contribution in [0.25, 0.3) is 21.5 Å². The molecule has 0 bridgehead atoms. The molecule has 0 saturated heterocycles. The van der Waals surface area contributed by atoms with Crippen LogP contribution < -0.4 is 0 Å². The van der Waals surface area contributed by atoms with E-state index in [1.165, 1.54) is 32.7 Å². The van der Waals surface area contributed by atoms with Crippen LogP contribution in [0.3, 0.4) is 0 Å². The molecule has 0 aliphatic carbocycles. The van der Waals surface area contributed by atoms with Gasteiger partial charge in [-0.15, -0.1) is 0 Å². The lowest BCUT2D eigenvalue weighted by Gasteiger charge is -2.25. The van der Waals surface area contributed by atoms with Crippen LogP contribution in [0.15, 0.2) is 97.1 Å². The van der Waals surface area contributed by atoms with Crippen LogP contribution in [0, 0.1) is 13.8 Å². The van der Waals surface area contributed by atoms with Gasteiger partial charge in [-0.05, 0) is 70.8 Å². The van der Waals surface area contributed by atoms with Gasteiger partial charge in [0, 0.05) is 11.4 Å². The van der Waals surface area contributed by atoms with Crippen molar-refractivity contribution in [1.82, 2.24) is 9.97 Å². The first kappa shape index (κ1) is 21.3. The number of allylic oxidation sites excluding steroid dienone is 2. The Kier molecular flexibility index (Phi) is 5.43. The lowest BCUT2D eigenvalue weighted by molar-refractivity contribution is 1.17. The summed E-state index contributed by atoms with van der Waals surface area (Å²) in [5, 5.41) is 2.77. The maximum Gasteiger partial charge on any atom is 0.119 e. The van der Waals surface area contributed by atoms with Crippen molar-refractivity contribution in [2.75, 3.05) is 0 Å². The Bertz CT molecular complexity index is 1280. The predicted octanol–water partition coefficient (Wildman–Crippen LogP) is 7.42. The van der Waals surface area contributed by atoms with Gasteiger partial charge in [0.1, 0.15) is 8.07 Å². The fourth-order valence-corrected chi connectivity index (χ4v) is 8.65. The van der Waals surface area contributed by atoms with Gasteiger partial charge in [-0.1, -0.05) is 85.9 Å². The summed E-state index contributed by atoms with van der Waals surface area (Å²) in [6.07, 6.45) is 0. The zero-order valence-corrected chi connectivity index (χ0v) is 20.6. The minimum absolute atomic E-state index is 1.04. The molecule has 0 atom stereocenters. The molecule has 2 aromatic heterocycles. The van der Waals surface area contributed by atoms with E-state index in [1.54, 1.807) is 0 Å². The summed E-state index contributed by atoms with van der Waals surface area (Å²) in [5.74, 6) is 0. The smallest absolute Gasteiger partial charge is 0.119 e. The van der Waals surface area contributed by atoms with Gasteiger partial charge in [-0.25, -0.2) is 0 Å². The maximum absolute atomic E-state index is 5.03. The van der Waals surface area contributed by atoms with Crippen molar-refractivity contribution < 1.29 is 0 Å². The summed E-state index contributed by atoms with van der Waals surface area (Å²) in [6.45, 7) is 9.05. The Labute approximate surface area is 197 Å². The van der Waals surface area contributed by atoms with Crippen molar-refractivity contribution in [3.05, 3.63) is 131 Å². The molecule has 1 aliphatic heterocycles. The molecule has 162 valence electrons. The van der Waals surface area contributed by atoms with E-state index in [9.17, 15) is 0 Å². The van der Waals surface area contributed by atoms with Gasteiger partial charge >= 0.3 is 0 Å². The second-order valence-electron chi connectivity index (χ2n) is 9.19. The number of hydrogen-bond acceptors (Lipinski definition) is 2. The molecule has 3 heteroatoms. The zero-order valence-electron chi connectivity index (χ0n) is 19.6. The maximum atomic E-state index is 5.03. The molecule has 0 unspecified atom stereocenters. The van der Waals surface area contributed by atoms with Gasteiger partial charge in [0.05, 0.1) is 11.4 Å². The van der Waals surface area contributed by atoms with Crippen LogP contribution >= 0.6 is 0 Å². The fraction of sp³-hybridized carbons (Fsp3) is 0.133. The third-order valence-corrected chi connectivity index (χ3v) is 9.93. The second kappa shape index (κ2) is 8.42. The highest BCUT2D eigenvalue weighted by molar-refractivity contribution is 7.13. The van der Waals surface area contributed by atoms with Crippen LogP contribution in [0.5, 0.6) is 0 Å². The van der Waals surface area contributed by atoms with E-state index in [4.69, 9.17) is 9.97 Å². The number of aryl methyl sites for hydroxylation is 2. The monoisotopic (exact) mass is 444 g/mol. The van der Waals surface area contributed by atoms with Gasteiger partial charge in [0.15, 0.2) is 0 Å². The topological polar surface area (TPSA) is 25.8 Å². The molecule has 0 radical (unpaired) electrons. The Hall–Kier alpha value is -3.56. The van der Waals surface area contributed by atoms with E-state index in [0.29, 0.717) is 0 Å². The Morgan fingerprint density at radius 2 is 0.879 bits per heavy atom. The molecule has 1 aliphatic rings. The summed E-state index contributed by atoms with van der Waals surface area (Å²) in [6, 6.07) is 34.3. The summed E-state index contributed by atoms with van der Waals surface area (Å²) in [4.78, 5) is 10.1. The summed E-state index contributed by atoms with van der Waals surface area (Å²) < 4.78 is 0. The lowest BCUT2D eigenvalue weighted by atomic mass is 9.90. The molecule has 2 nitrogen and oxygen atoms in total. The summed E-state index contributed by atoms with van der Waals surface area (Å²) in [5.41, 5.74) is 9.32. The molecule has 2 aromatic carbocycles. The molecule has 5 rings (SSSR count). The van der Waals surface area contributed by atoms with E-state index in [-0.39, 0.29) is 0 Å². The number of nitrogens with zero attached hydrogens (tertiary/aromatic N) is 2. The largest absolute Gasteiger partial charge is 0.254 e. The first-order chi connectivity index (χ1) is 16.0. The van der Waals surface area contributed by atoms with E-state index in [0.717, 1.165) is 22.8 Å². The number of benzene rings is 2. The van der Waals surface area contributed by atoms with Crippen molar-refractivity contribution >= 4 is 29.6 Å². The average Bonchev–Trinajstić information content (AvgIpc) is 3.07. The highest BCUT2D eigenvalue weighted by Gasteiger charge is 2.44. The Morgan fingerprint density at radius 1 is 0.485 bits per heavy atom. The van der Waals surface area contributed by atoms with E-state index >= 15 is 0 Å². The molecule has 33 heavy (non-hydrogen) atoms. The van der Waals surface area contributed by atoms with Gasteiger partial charge in [0.2, 0.25) is 0 Å². The molecule has 0 amide bonds. The summed E-state index contributed by atoms with van der Waals surface area (Å²) >= 11 is 0. The molecular formula is C30H28N2Si. The van der Waals surface area contributed by atoms with Crippen molar-refractivity contribution in [1.29, 1.82) is 0 Å². The first-order valence-electron chi connectivity index (χ1n) is 11.5. The van der Waals surface area contributed by atoms with E-state index in [1.807, 2.05) is 0 Å². The van der Waals surface area contributed by atoms with Gasteiger partial charge in [-0.3, -0.25) is 9.97 Å². The van der Waals surface area contributed by atoms with E-state index in [2.05, 4.69) is 124 Å². The number of pyridine rings is 2. The molecule has 0 fully saturated rings. The van der Waals surface area contributed by atoms with Crippen molar-refractivity contribution in [3.63, 3.8) is 0 Å². The minimum atomic E-state index is -2.18. The number of rotatable bonds is 4. The van der Waals surface area contributed by atoms with Gasteiger partial charge in [-0.2, -0.15) is 0 Å². The van der Waals surface area contributed by atoms with Crippen LogP contribution in [0.4, 0.5) is 0 Å². The Balaban J connectivity index is 1.93. The highest BCUT2D eigenvalue weighted by atomic mass is 28.3. The van der Waals surface area contributed by atoms with Crippen LogP contribution in [-0.2, 0) is 0 Å². The summed E-state index contributed by atoms with van der Waals surface area (Å²) in [7, 11) is -2.18. The Morgan fingerprint density at radius 3 is 1.24 bits per heavy atom. The molecular weight excluding hydrogens is 416 g/mol. The van der Waals surface area contributed by atoms with Crippen LogP contribution in [0.1, 0.15) is 33.9 Å². The molecule has 3 heterocycles. The standard InChI is InChI=1S/C30H28N2Si/c1-21-13-11-19-25(31-21)29-27(23-15-7-5-8-16-23)28(24-17-9-6-10-18-24)30(33(29,3)4)26-20-12-14-22(2)32-26/h5-20H,1-4H3. The minimum Gasteiger partial charge on any atom is -0.254 e.